The minimum atomic E-state index is 0.965. The van der Waals surface area contributed by atoms with Gasteiger partial charge in [0, 0.05) is 42.0 Å². The van der Waals surface area contributed by atoms with Crippen LogP contribution in [0.25, 0.3) is 16.3 Å². The van der Waals surface area contributed by atoms with Crippen molar-refractivity contribution < 1.29 is 4.57 Å². The number of benzene rings is 3. The van der Waals surface area contributed by atoms with E-state index in [0.717, 1.165) is 25.9 Å². The molecule has 0 saturated heterocycles. The van der Waals surface area contributed by atoms with Gasteiger partial charge in [0.25, 0.3) is 5.01 Å². The lowest BCUT2D eigenvalue weighted by Gasteiger charge is -2.23. The van der Waals surface area contributed by atoms with Gasteiger partial charge in [0.1, 0.15) is 11.2 Å². The Hall–Kier alpha value is -3.54. The fourth-order valence-electron chi connectivity index (χ4n) is 5.60. The third kappa shape index (κ3) is 4.97. The van der Waals surface area contributed by atoms with Crippen LogP contribution >= 0.6 is 23.1 Å². The molecular formula is C34H34N3S2+. The SMILES string of the molecule is CCN1C(=CC=C2CCC(C=Cc3sc4ccccc4[n+]3CC)=C2N(C)c2ccccc2)Sc2ccccc21. The highest BCUT2D eigenvalue weighted by Crippen LogP contribution is 2.46. The first-order chi connectivity index (χ1) is 19.2. The first kappa shape index (κ1) is 25.7. The van der Waals surface area contributed by atoms with Crippen molar-refractivity contribution in [2.45, 2.75) is 38.1 Å². The van der Waals surface area contributed by atoms with Crippen molar-refractivity contribution in [1.29, 1.82) is 0 Å². The van der Waals surface area contributed by atoms with Gasteiger partial charge < -0.3 is 9.80 Å². The highest BCUT2D eigenvalue weighted by atomic mass is 32.2. The van der Waals surface area contributed by atoms with E-state index >= 15 is 0 Å². The van der Waals surface area contributed by atoms with Crippen molar-refractivity contribution >= 4 is 50.8 Å². The number of aromatic nitrogens is 1. The number of nitrogens with zero attached hydrogens (tertiary/aromatic N) is 3. The number of anilines is 2. The highest BCUT2D eigenvalue weighted by molar-refractivity contribution is 8.03. The molecule has 0 amide bonds. The fourth-order valence-corrected chi connectivity index (χ4v) is 7.86. The molecule has 0 bridgehead atoms. The maximum absolute atomic E-state index is 2.42. The average molecular weight is 549 g/mol. The van der Waals surface area contributed by atoms with Gasteiger partial charge in [-0.05, 0) is 80.3 Å². The fraction of sp³-hybridized carbons (Fsp3) is 0.206. The van der Waals surface area contributed by atoms with Crippen molar-refractivity contribution in [2.75, 3.05) is 23.4 Å². The molecule has 1 aromatic heterocycles. The van der Waals surface area contributed by atoms with Crippen molar-refractivity contribution in [1.82, 2.24) is 0 Å². The Morgan fingerprint density at radius 2 is 1.64 bits per heavy atom. The quantitative estimate of drug-likeness (QED) is 0.214. The number of aryl methyl sites for hydroxylation is 1. The Morgan fingerprint density at radius 1 is 0.872 bits per heavy atom. The number of para-hydroxylation sites is 3. The summed E-state index contributed by atoms with van der Waals surface area (Å²) in [6.45, 7) is 6.39. The number of rotatable bonds is 7. The number of thiazole rings is 1. The van der Waals surface area contributed by atoms with Crippen LogP contribution in [0.2, 0.25) is 0 Å². The van der Waals surface area contributed by atoms with Gasteiger partial charge in [0.15, 0.2) is 0 Å². The van der Waals surface area contributed by atoms with E-state index in [1.54, 1.807) is 0 Å². The number of thioether (sulfide) groups is 1. The smallest absolute Gasteiger partial charge is 0.262 e. The van der Waals surface area contributed by atoms with E-state index in [1.807, 2.05) is 23.1 Å². The summed E-state index contributed by atoms with van der Waals surface area (Å²) in [5.74, 6) is 0. The zero-order chi connectivity index (χ0) is 26.8. The van der Waals surface area contributed by atoms with Crippen LogP contribution in [0.5, 0.6) is 0 Å². The molecule has 0 saturated carbocycles. The molecular weight excluding hydrogens is 515 g/mol. The summed E-state index contributed by atoms with van der Waals surface area (Å²) < 4.78 is 3.76. The Bertz CT molecular complexity index is 1620. The van der Waals surface area contributed by atoms with Crippen LogP contribution in [0, 0.1) is 0 Å². The van der Waals surface area contributed by atoms with Crippen molar-refractivity contribution in [3.63, 3.8) is 0 Å². The summed E-state index contributed by atoms with van der Waals surface area (Å²) in [6.07, 6.45) is 11.5. The molecule has 196 valence electrons. The molecule has 3 aromatic carbocycles. The monoisotopic (exact) mass is 548 g/mol. The largest absolute Gasteiger partial charge is 0.344 e. The molecule has 1 aliphatic heterocycles. The number of hydrogen-bond acceptors (Lipinski definition) is 4. The number of fused-ring (bicyclic) bond motifs is 2. The zero-order valence-corrected chi connectivity index (χ0v) is 24.4. The van der Waals surface area contributed by atoms with Gasteiger partial charge in [0.05, 0.1) is 10.7 Å². The molecule has 0 unspecified atom stereocenters. The molecule has 39 heavy (non-hydrogen) atoms. The van der Waals surface area contributed by atoms with Crippen LogP contribution in [-0.2, 0) is 6.54 Å². The molecule has 1 aliphatic carbocycles. The van der Waals surface area contributed by atoms with Gasteiger partial charge in [-0.2, -0.15) is 4.57 Å². The molecule has 0 spiro atoms. The Morgan fingerprint density at radius 3 is 2.46 bits per heavy atom. The van der Waals surface area contributed by atoms with Crippen LogP contribution in [0.3, 0.4) is 0 Å². The molecule has 5 heteroatoms. The van der Waals surface area contributed by atoms with Gasteiger partial charge in [-0.25, -0.2) is 0 Å². The molecule has 3 nitrogen and oxygen atoms in total. The summed E-state index contributed by atoms with van der Waals surface area (Å²) in [7, 11) is 2.20. The highest BCUT2D eigenvalue weighted by Gasteiger charge is 2.25. The second kappa shape index (κ2) is 11.3. The Kier molecular flexibility index (Phi) is 7.45. The van der Waals surface area contributed by atoms with Gasteiger partial charge in [-0.3, -0.25) is 0 Å². The molecule has 2 heterocycles. The lowest BCUT2D eigenvalue weighted by atomic mass is 10.1. The van der Waals surface area contributed by atoms with E-state index in [4.69, 9.17) is 0 Å². The summed E-state index contributed by atoms with van der Waals surface area (Å²) in [5, 5.41) is 2.59. The summed E-state index contributed by atoms with van der Waals surface area (Å²) >= 11 is 3.74. The van der Waals surface area contributed by atoms with E-state index in [-0.39, 0.29) is 0 Å². The summed E-state index contributed by atoms with van der Waals surface area (Å²) in [4.78, 5) is 6.12. The standard InChI is InChI=1S/C34H34N3S2/c1-4-36-28-15-9-11-17-30(28)38-32(36)23-21-25-19-20-26(34(25)35(3)27-13-7-6-8-14-27)22-24-33-37(5-2)29-16-10-12-18-31(29)39-33/h6-18,21-24H,4-5,19-20H2,1-3H3/q+1. The molecule has 0 N–H and O–H groups in total. The molecule has 6 rings (SSSR count). The third-order valence-electron chi connectivity index (χ3n) is 7.51. The van der Waals surface area contributed by atoms with Gasteiger partial charge >= 0.3 is 0 Å². The second-order valence-corrected chi connectivity index (χ2v) is 11.9. The van der Waals surface area contributed by atoms with Gasteiger partial charge in [-0.15, -0.1) is 0 Å². The number of likely N-dealkylation sites (N-methyl/N-ethyl adjacent to an activating group) is 1. The normalized spacial score (nSPS) is 17.4. The van der Waals surface area contributed by atoms with Crippen LogP contribution in [0.15, 0.2) is 124 Å². The van der Waals surface area contributed by atoms with Crippen LogP contribution in [0.4, 0.5) is 11.4 Å². The van der Waals surface area contributed by atoms with E-state index in [1.165, 1.54) is 53.4 Å². The molecule has 4 aromatic rings. The maximum Gasteiger partial charge on any atom is 0.262 e. The first-order valence-corrected chi connectivity index (χ1v) is 15.4. The van der Waals surface area contributed by atoms with E-state index in [9.17, 15) is 0 Å². The predicted octanol–water partition coefficient (Wildman–Crippen LogP) is 8.81. The van der Waals surface area contributed by atoms with Crippen molar-refractivity contribution in [3.8, 4) is 0 Å². The molecule has 0 atom stereocenters. The molecule has 2 aliphatic rings. The second-order valence-electron chi connectivity index (χ2n) is 9.76. The minimum Gasteiger partial charge on any atom is -0.344 e. The van der Waals surface area contributed by atoms with Crippen molar-refractivity contribution in [2.24, 2.45) is 0 Å². The van der Waals surface area contributed by atoms with Gasteiger partial charge in [0.2, 0.25) is 5.52 Å². The first-order valence-electron chi connectivity index (χ1n) is 13.7. The van der Waals surface area contributed by atoms with E-state index in [0.29, 0.717) is 0 Å². The Labute approximate surface area is 240 Å². The van der Waals surface area contributed by atoms with E-state index < -0.39 is 0 Å². The Balaban J connectivity index is 1.39. The minimum absolute atomic E-state index is 0.965. The number of allylic oxidation sites excluding steroid dienone is 5. The maximum atomic E-state index is 2.42. The molecule has 0 radical (unpaired) electrons. The molecule has 0 fully saturated rings. The van der Waals surface area contributed by atoms with E-state index in [2.05, 4.69) is 138 Å². The van der Waals surface area contributed by atoms with Gasteiger partial charge in [-0.1, -0.05) is 71.6 Å². The average Bonchev–Trinajstić information content (AvgIpc) is 3.67. The van der Waals surface area contributed by atoms with Crippen LogP contribution in [-0.4, -0.2) is 13.6 Å². The zero-order valence-electron chi connectivity index (χ0n) is 22.8. The van der Waals surface area contributed by atoms with Crippen LogP contribution in [0.1, 0.15) is 31.7 Å². The lowest BCUT2D eigenvalue weighted by molar-refractivity contribution is -0.665. The van der Waals surface area contributed by atoms with Crippen molar-refractivity contribution in [3.05, 3.63) is 124 Å². The predicted molar refractivity (Wildman–Crippen MR) is 169 cm³/mol. The number of hydrogen-bond donors (Lipinski definition) is 0. The summed E-state index contributed by atoms with van der Waals surface area (Å²) in [5.41, 5.74) is 7.94. The topological polar surface area (TPSA) is 10.4 Å². The van der Waals surface area contributed by atoms with Crippen LogP contribution < -0.4 is 14.4 Å². The lowest BCUT2D eigenvalue weighted by Crippen LogP contribution is -2.33. The third-order valence-corrected chi connectivity index (χ3v) is 9.77. The summed E-state index contributed by atoms with van der Waals surface area (Å²) in [6, 6.07) is 28.1.